The van der Waals surface area contributed by atoms with Gasteiger partial charge in [0.05, 0.1) is 17.9 Å². The molecule has 0 radical (unpaired) electrons. The summed E-state index contributed by atoms with van der Waals surface area (Å²) in [5.41, 5.74) is 0.766. The number of ether oxygens (including phenoxy) is 1. The lowest BCUT2D eigenvalue weighted by atomic mass is 9.65. The van der Waals surface area contributed by atoms with Crippen LogP contribution in [0, 0.1) is 10.8 Å². The van der Waals surface area contributed by atoms with Crippen LogP contribution in [0.25, 0.3) is 0 Å². The Morgan fingerprint density at radius 1 is 1.19 bits per heavy atom. The van der Waals surface area contributed by atoms with Gasteiger partial charge in [0.25, 0.3) is 0 Å². The summed E-state index contributed by atoms with van der Waals surface area (Å²) < 4.78 is 5.02. The summed E-state index contributed by atoms with van der Waals surface area (Å²) in [6, 6.07) is 6.66. The summed E-state index contributed by atoms with van der Waals surface area (Å²) in [5, 5.41) is 2.61. The zero-order valence-electron chi connectivity index (χ0n) is 16.5. The molecule has 1 aliphatic heterocycles. The molecule has 3 rings (SSSR count). The van der Waals surface area contributed by atoms with Crippen LogP contribution in [-0.4, -0.2) is 41.9 Å². The van der Waals surface area contributed by atoms with E-state index < -0.39 is 17.8 Å². The van der Waals surface area contributed by atoms with Crippen LogP contribution in [0.1, 0.15) is 57.3 Å². The fraction of sp³-hybridized carbons (Fsp3) is 0.571. The quantitative estimate of drug-likeness (QED) is 0.653. The average molecular weight is 372 g/mol. The summed E-state index contributed by atoms with van der Waals surface area (Å²) >= 11 is 0. The van der Waals surface area contributed by atoms with E-state index in [4.69, 9.17) is 4.74 Å². The molecule has 2 atom stereocenters. The van der Waals surface area contributed by atoms with Crippen LogP contribution in [-0.2, 0) is 14.3 Å². The molecular weight excluding hydrogens is 344 g/mol. The van der Waals surface area contributed by atoms with E-state index in [0.29, 0.717) is 12.2 Å². The van der Waals surface area contributed by atoms with Crippen molar-refractivity contribution in [2.45, 2.75) is 53.0 Å². The van der Waals surface area contributed by atoms with Crippen LogP contribution < -0.4 is 5.32 Å². The number of carbonyl (C=O) groups is 3. The summed E-state index contributed by atoms with van der Waals surface area (Å²) in [6.45, 7) is 9.21. The number of carbonyl (C=O) groups excluding carboxylic acids is 3. The van der Waals surface area contributed by atoms with Gasteiger partial charge in [-0.05, 0) is 49.1 Å². The Morgan fingerprint density at radius 3 is 2.59 bits per heavy atom. The lowest BCUT2D eigenvalue weighted by Gasteiger charge is -2.39. The minimum absolute atomic E-state index is 0.0607. The number of esters is 1. The molecule has 2 unspecified atom stereocenters. The zero-order valence-corrected chi connectivity index (χ0v) is 16.5. The van der Waals surface area contributed by atoms with Crippen LogP contribution in [0.4, 0.5) is 5.69 Å². The monoisotopic (exact) mass is 372 g/mol. The minimum atomic E-state index is -0.708. The molecule has 6 heteroatoms. The first-order chi connectivity index (χ1) is 12.6. The van der Waals surface area contributed by atoms with E-state index in [0.717, 1.165) is 19.3 Å². The predicted molar refractivity (Wildman–Crippen MR) is 102 cm³/mol. The number of hydrogen-bond donors (Lipinski definition) is 1. The lowest BCUT2D eigenvalue weighted by molar-refractivity contribution is -0.144. The number of amides is 2. The first-order valence-corrected chi connectivity index (χ1v) is 9.52. The molecule has 1 N–H and O–H groups in total. The highest BCUT2D eigenvalue weighted by Crippen LogP contribution is 2.52. The van der Waals surface area contributed by atoms with Crippen LogP contribution in [0.5, 0.6) is 0 Å². The number of anilines is 1. The van der Waals surface area contributed by atoms with Gasteiger partial charge in [-0.15, -0.1) is 0 Å². The average Bonchev–Trinajstić information content (AvgIpc) is 2.83. The van der Waals surface area contributed by atoms with Gasteiger partial charge in [-0.25, -0.2) is 4.79 Å². The smallest absolute Gasteiger partial charge is 0.340 e. The van der Waals surface area contributed by atoms with Crippen molar-refractivity contribution < 1.29 is 19.1 Å². The highest BCUT2D eigenvalue weighted by molar-refractivity contribution is 6.40. The maximum Gasteiger partial charge on any atom is 0.340 e. The van der Waals surface area contributed by atoms with Gasteiger partial charge in [0.15, 0.2) is 0 Å². The summed E-state index contributed by atoms with van der Waals surface area (Å²) in [5.74, 6) is -1.76. The van der Waals surface area contributed by atoms with Crippen molar-refractivity contribution in [2.24, 2.45) is 10.8 Å². The molecule has 1 aliphatic carbocycles. The molecule has 2 bridgehead atoms. The van der Waals surface area contributed by atoms with Crippen molar-refractivity contribution in [3.05, 3.63) is 29.8 Å². The van der Waals surface area contributed by atoms with Gasteiger partial charge in [-0.3, -0.25) is 9.59 Å². The number of fused-ring (bicyclic) bond motifs is 2. The molecule has 146 valence electrons. The van der Waals surface area contributed by atoms with Gasteiger partial charge in [-0.2, -0.15) is 0 Å². The fourth-order valence-electron chi connectivity index (χ4n) is 4.98. The second-order valence-corrected chi connectivity index (χ2v) is 8.87. The standard InChI is InChI=1S/C21H28N2O4/c1-5-27-19(26)15-8-6-7-9-16(15)22-17(24)18(25)23-13-21(4)11-14(23)10-20(2,3)12-21/h6-9,14H,5,10-13H2,1-4H3,(H,22,24). The normalized spacial score (nSPS) is 25.8. The first-order valence-electron chi connectivity index (χ1n) is 9.52. The van der Waals surface area contributed by atoms with Crippen LogP contribution in [0.2, 0.25) is 0 Å². The zero-order chi connectivity index (χ0) is 19.8. The number of nitrogens with one attached hydrogen (secondary N) is 1. The number of rotatable bonds is 3. The van der Waals surface area contributed by atoms with E-state index in [9.17, 15) is 14.4 Å². The summed E-state index contributed by atoms with van der Waals surface area (Å²) in [7, 11) is 0. The van der Waals surface area contributed by atoms with E-state index in [1.807, 2.05) is 0 Å². The van der Waals surface area contributed by atoms with Crippen molar-refractivity contribution in [2.75, 3.05) is 18.5 Å². The van der Waals surface area contributed by atoms with Gasteiger partial charge in [0.2, 0.25) is 0 Å². The molecule has 1 aromatic carbocycles. The molecule has 1 saturated heterocycles. The molecule has 2 amide bonds. The van der Waals surface area contributed by atoms with Crippen LogP contribution in [0.15, 0.2) is 24.3 Å². The molecule has 27 heavy (non-hydrogen) atoms. The largest absolute Gasteiger partial charge is 0.462 e. The van der Waals surface area contributed by atoms with E-state index in [2.05, 4.69) is 26.1 Å². The number of hydrogen-bond acceptors (Lipinski definition) is 4. The minimum Gasteiger partial charge on any atom is -0.462 e. The van der Waals surface area contributed by atoms with Crippen molar-refractivity contribution in [3.63, 3.8) is 0 Å². The third-order valence-electron chi connectivity index (χ3n) is 5.54. The lowest BCUT2D eigenvalue weighted by Crippen LogP contribution is -2.43. The van der Waals surface area contributed by atoms with E-state index in [1.54, 1.807) is 36.1 Å². The second-order valence-electron chi connectivity index (χ2n) is 8.87. The molecular formula is C21H28N2O4. The van der Waals surface area contributed by atoms with Crippen LogP contribution >= 0.6 is 0 Å². The number of likely N-dealkylation sites (tertiary alicyclic amines) is 1. The van der Waals surface area contributed by atoms with Gasteiger partial charge in [-0.1, -0.05) is 32.9 Å². The predicted octanol–water partition coefficient (Wildman–Crippen LogP) is 3.23. The summed E-state index contributed by atoms with van der Waals surface area (Å²) in [4.78, 5) is 39.3. The number of benzene rings is 1. The molecule has 6 nitrogen and oxygen atoms in total. The Hall–Kier alpha value is -2.37. The number of nitrogens with zero attached hydrogens (tertiary/aromatic N) is 1. The second kappa shape index (κ2) is 6.98. The Morgan fingerprint density at radius 2 is 1.89 bits per heavy atom. The maximum absolute atomic E-state index is 12.9. The molecule has 0 spiro atoms. The van der Waals surface area contributed by atoms with Crippen molar-refractivity contribution >= 4 is 23.5 Å². The van der Waals surface area contributed by atoms with Crippen molar-refractivity contribution in [1.29, 1.82) is 0 Å². The molecule has 1 saturated carbocycles. The first kappa shape index (κ1) is 19.4. The van der Waals surface area contributed by atoms with Crippen molar-refractivity contribution in [3.8, 4) is 0 Å². The maximum atomic E-state index is 12.9. The third-order valence-corrected chi connectivity index (χ3v) is 5.54. The van der Waals surface area contributed by atoms with Gasteiger partial charge >= 0.3 is 17.8 Å². The van der Waals surface area contributed by atoms with Crippen molar-refractivity contribution in [1.82, 2.24) is 4.90 Å². The molecule has 2 fully saturated rings. The summed E-state index contributed by atoms with van der Waals surface area (Å²) in [6.07, 6.45) is 2.89. The van der Waals surface area contributed by atoms with Gasteiger partial charge < -0.3 is 15.0 Å². The van der Waals surface area contributed by atoms with E-state index >= 15 is 0 Å². The fourth-order valence-corrected chi connectivity index (χ4v) is 4.98. The van der Waals surface area contributed by atoms with Crippen LogP contribution in [0.3, 0.4) is 0 Å². The SMILES string of the molecule is CCOC(=O)c1ccccc1NC(=O)C(=O)N1CC2(C)CC1CC(C)(C)C2. The molecule has 2 aliphatic rings. The molecule has 0 aromatic heterocycles. The highest BCUT2D eigenvalue weighted by atomic mass is 16.5. The van der Waals surface area contributed by atoms with E-state index in [1.165, 1.54) is 0 Å². The highest BCUT2D eigenvalue weighted by Gasteiger charge is 2.51. The Kier molecular flexibility index (Phi) is 5.02. The van der Waals surface area contributed by atoms with E-state index in [-0.39, 0.29) is 29.0 Å². The van der Waals surface area contributed by atoms with Gasteiger partial charge in [0, 0.05) is 12.6 Å². The Labute approximate surface area is 160 Å². The topological polar surface area (TPSA) is 75.7 Å². The van der Waals surface area contributed by atoms with Gasteiger partial charge in [0.1, 0.15) is 0 Å². The molecule has 1 heterocycles. The Bertz CT molecular complexity index is 773. The third kappa shape index (κ3) is 3.99. The number of para-hydroxylation sites is 1. The Balaban J connectivity index is 1.75. The molecule has 1 aromatic rings.